The zero-order valence-electron chi connectivity index (χ0n) is 24.3. The highest BCUT2D eigenvalue weighted by Crippen LogP contribution is 2.35. The average Bonchev–Trinajstić information content (AvgIpc) is 2.95. The number of carbonyl (C=O) groups is 1. The van der Waals surface area contributed by atoms with Crippen LogP contribution in [0.4, 0.5) is 15.9 Å². The van der Waals surface area contributed by atoms with Crippen LogP contribution in [0.5, 0.6) is 6.01 Å². The summed E-state index contributed by atoms with van der Waals surface area (Å²) in [6.45, 7) is 14.9. The van der Waals surface area contributed by atoms with Gasteiger partial charge in [0.15, 0.2) is 5.83 Å². The maximum absolute atomic E-state index is 13.5. The monoisotopic (exact) mass is 558 g/mol. The molecule has 0 spiro atoms. The largest absolute Gasteiger partial charge is 0.462 e. The van der Waals surface area contributed by atoms with Gasteiger partial charge in [0.1, 0.15) is 12.4 Å². The summed E-state index contributed by atoms with van der Waals surface area (Å²) >= 11 is 0. The van der Waals surface area contributed by atoms with Gasteiger partial charge in [-0.05, 0) is 50.6 Å². The number of fused-ring (bicyclic) bond motifs is 2. The Kier molecular flexibility index (Phi) is 7.55. The minimum absolute atomic E-state index is 0.372. The number of nitrogens with zero attached hydrogens (tertiary/aromatic N) is 6. The molecule has 6 rings (SSSR count). The molecule has 2 fully saturated rings. The van der Waals surface area contributed by atoms with Crippen molar-refractivity contribution < 1.29 is 13.9 Å². The van der Waals surface area contributed by atoms with E-state index in [2.05, 4.69) is 78.4 Å². The molecule has 4 heterocycles. The van der Waals surface area contributed by atoms with Crippen molar-refractivity contribution in [2.75, 3.05) is 55.7 Å². The Morgan fingerprint density at radius 3 is 2.49 bits per heavy atom. The number of ether oxygens (including phenoxy) is 1. The van der Waals surface area contributed by atoms with Crippen molar-refractivity contribution in [3.63, 3.8) is 0 Å². The summed E-state index contributed by atoms with van der Waals surface area (Å²) in [4.78, 5) is 30.6. The molecule has 0 N–H and O–H groups in total. The third-order valence-electron chi connectivity index (χ3n) is 8.81. The van der Waals surface area contributed by atoms with E-state index >= 15 is 0 Å². The Morgan fingerprint density at radius 2 is 1.80 bits per heavy atom. The van der Waals surface area contributed by atoms with Crippen LogP contribution in [-0.2, 0) is 17.8 Å². The van der Waals surface area contributed by atoms with Crippen molar-refractivity contribution in [2.45, 2.75) is 52.2 Å². The van der Waals surface area contributed by atoms with E-state index in [4.69, 9.17) is 14.7 Å². The molecule has 1 amide bonds. The molecule has 1 aromatic heterocycles. The number of amides is 1. The lowest BCUT2D eigenvalue weighted by Gasteiger charge is -2.43. The summed E-state index contributed by atoms with van der Waals surface area (Å²) in [7, 11) is 0. The molecular formula is C32H39FN6O2. The Bertz CT molecular complexity index is 1460. The zero-order chi connectivity index (χ0) is 28.7. The summed E-state index contributed by atoms with van der Waals surface area (Å²) < 4.78 is 19.8. The van der Waals surface area contributed by atoms with Crippen LogP contribution in [0.25, 0.3) is 10.8 Å². The van der Waals surface area contributed by atoms with Crippen molar-refractivity contribution in [3.05, 3.63) is 65.6 Å². The van der Waals surface area contributed by atoms with E-state index in [0.29, 0.717) is 57.4 Å². The van der Waals surface area contributed by atoms with Gasteiger partial charge in [0.05, 0.1) is 12.2 Å². The quantitative estimate of drug-likeness (QED) is 0.396. The minimum atomic E-state index is -0.913. The maximum atomic E-state index is 13.5. The summed E-state index contributed by atoms with van der Waals surface area (Å²) in [5.74, 6) is -0.669. The van der Waals surface area contributed by atoms with Gasteiger partial charge in [-0.15, -0.1) is 0 Å². The predicted octanol–water partition coefficient (Wildman–Crippen LogP) is 4.49. The molecule has 9 heteroatoms. The Hall–Kier alpha value is -3.72. The molecule has 1 unspecified atom stereocenters. The van der Waals surface area contributed by atoms with Crippen LogP contribution in [0.15, 0.2) is 48.8 Å². The Balaban J connectivity index is 1.29. The molecule has 2 aromatic carbocycles. The minimum Gasteiger partial charge on any atom is -0.462 e. The van der Waals surface area contributed by atoms with Crippen molar-refractivity contribution in [1.82, 2.24) is 19.8 Å². The average molecular weight is 559 g/mol. The number of benzene rings is 2. The molecule has 3 aliphatic heterocycles. The fourth-order valence-corrected chi connectivity index (χ4v) is 6.47. The van der Waals surface area contributed by atoms with Crippen LogP contribution < -0.4 is 14.5 Å². The lowest BCUT2D eigenvalue weighted by Crippen LogP contribution is -2.54. The van der Waals surface area contributed by atoms with E-state index in [0.717, 1.165) is 43.0 Å². The van der Waals surface area contributed by atoms with Crippen LogP contribution in [0.2, 0.25) is 0 Å². The second-order valence-corrected chi connectivity index (χ2v) is 11.6. The number of aromatic nitrogens is 2. The van der Waals surface area contributed by atoms with Gasteiger partial charge >= 0.3 is 6.01 Å². The fraction of sp³-hybridized carbons (Fsp3) is 0.469. The van der Waals surface area contributed by atoms with Gasteiger partial charge in [-0.25, -0.2) is 4.39 Å². The molecule has 3 aliphatic rings. The molecule has 0 bridgehead atoms. The third-order valence-corrected chi connectivity index (χ3v) is 8.81. The first-order chi connectivity index (χ1) is 19.8. The molecule has 0 aliphatic carbocycles. The molecule has 8 nitrogen and oxygen atoms in total. The third kappa shape index (κ3) is 5.35. The fourth-order valence-electron chi connectivity index (χ4n) is 6.47. The molecule has 216 valence electrons. The molecular weight excluding hydrogens is 519 g/mol. The number of anilines is 2. The topological polar surface area (TPSA) is 65.0 Å². The molecule has 41 heavy (non-hydrogen) atoms. The van der Waals surface area contributed by atoms with Crippen LogP contribution in [0.3, 0.4) is 0 Å². The van der Waals surface area contributed by atoms with Gasteiger partial charge in [-0.3, -0.25) is 9.69 Å². The van der Waals surface area contributed by atoms with E-state index in [9.17, 15) is 9.18 Å². The number of likely N-dealkylation sites (tertiary alicyclic amines) is 1. The van der Waals surface area contributed by atoms with Crippen molar-refractivity contribution in [1.29, 1.82) is 0 Å². The summed E-state index contributed by atoms with van der Waals surface area (Å²) in [6.07, 6.45) is 1.91. The highest BCUT2D eigenvalue weighted by Gasteiger charge is 2.32. The summed E-state index contributed by atoms with van der Waals surface area (Å²) in [5, 5.41) is 2.51. The van der Waals surface area contributed by atoms with Crippen LogP contribution in [0, 0.1) is 6.92 Å². The van der Waals surface area contributed by atoms with Crippen molar-refractivity contribution >= 4 is 28.2 Å². The number of carbonyl (C=O) groups excluding carboxylic acids is 1. The molecule has 2 saturated heterocycles. The first kappa shape index (κ1) is 27.4. The van der Waals surface area contributed by atoms with E-state index in [1.54, 1.807) is 0 Å². The van der Waals surface area contributed by atoms with E-state index in [-0.39, 0.29) is 0 Å². The maximum Gasteiger partial charge on any atom is 0.318 e. The first-order valence-electron chi connectivity index (χ1n) is 14.7. The lowest BCUT2D eigenvalue weighted by molar-refractivity contribution is -0.128. The smallest absolute Gasteiger partial charge is 0.318 e. The first-order valence-corrected chi connectivity index (χ1v) is 14.7. The highest BCUT2D eigenvalue weighted by atomic mass is 19.1. The van der Waals surface area contributed by atoms with Crippen LogP contribution >= 0.6 is 0 Å². The summed E-state index contributed by atoms with van der Waals surface area (Å²) in [6, 6.07) is 14.2. The number of hydrogen-bond donors (Lipinski definition) is 0. The number of piperazine rings is 1. The van der Waals surface area contributed by atoms with Crippen LogP contribution in [0.1, 0.15) is 37.1 Å². The molecule has 1 atom stereocenters. The Labute approximate surface area is 241 Å². The van der Waals surface area contributed by atoms with Gasteiger partial charge in [0.25, 0.3) is 5.91 Å². The van der Waals surface area contributed by atoms with Gasteiger partial charge in [-0.2, -0.15) is 9.97 Å². The highest BCUT2D eigenvalue weighted by molar-refractivity contribution is 5.97. The Morgan fingerprint density at radius 1 is 1.05 bits per heavy atom. The van der Waals surface area contributed by atoms with E-state index < -0.39 is 11.7 Å². The molecule has 0 radical (unpaired) electrons. The normalized spacial score (nSPS) is 19.3. The SMILES string of the molecule is C=C(F)C(=O)N1CCN(c2nc(OCC3CCN3C(C)C)nc3c2CCN(c2cccc4cccc(C)c24)C3)CC1. The number of hydrogen-bond acceptors (Lipinski definition) is 7. The number of halogens is 1. The van der Waals surface area contributed by atoms with Gasteiger partial charge < -0.3 is 19.4 Å². The second kappa shape index (κ2) is 11.3. The van der Waals surface area contributed by atoms with Crippen molar-refractivity contribution in [3.8, 4) is 6.01 Å². The molecule has 0 saturated carbocycles. The number of aryl methyl sites for hydroxylation is 1. The van der Waals surface area contributed by atoms with E-state index in [1.807, 2.05) is 0 Å². The lowest BCUT2D eigenvalue weighted by atomic mass is 9.99. The van der Waals surface area contributed by atoms with Gasteiger partial charge in [0, 0.05) is 68.0 Å². The van der Waals surface area contributed by atoms with Gasteiger partial charge in [0.2, 0.25) is 0 Å². The van der Waals surface area contributed by atoms with Gasteiger partial charge in [-0.1, -0.05) is 36.9 Å². The zero-order valence-corrected chi connectivity index (χ0v) is 24.3. The molecule has 3 aromatic rings. The van der Waals surface area contributed by atoms with Crippen LogP contribution in [-0.4, -0.2) is 83.6 Å². The number of rotatable bonds is 7. The second-order valence-electron chi connectivity index (χ2n) is 11.6. The van der Waals surface area contributed by atoms with Crippen molar-refractivity contribution in [2.24, 2.45) is 0 Å². The standard InChI is InChI=1S/C32H39FN6O2/c1-21(2)39-14-11-25(39)20-41-32-34-27-19-38(28-10-6-9-24-8-5-7-22(3)29(24)28)13-12-26(27)30(35-32)36-15-17-37(18-16-36)31(40)23(4)33/h5-10,21,25H,4,11-20H2,1-3H3. The summed E-state index contributed by atoms with van der Waals surface area (Å²) in [5.41, 5.74) is 4.59. The van der Waals surface area contributed by atoms with E-state index in [1.165, 1.54) is 26.9 Å². The predicted molar refractivity (Wildman–Crippen MR) is 160 cm³/mol.